The Hall–Kier alpha value is -1.59. The van der Waals surface area contributed by atoms with Gasteiger partial charge in [-0.1, -0.05) is 26.7 Å². The second-order valence-corrected chi connectivity index (χ2v) is 7.31. The van der Waals surface area contributed by atoms with Crippen molar-refractivity contribution in [3.05, 3.63) is 0 Å². The molecule has 0 aliphatic heterocycles. The molecule has 140 valence electrons. The van der Waals surface area contributed by atoms with Crippen molar-refractivity contribution >= 4 is 17.8 Å². The van der Waals surface area contributed by atoms with E-state index >= 15 is 0 Å². The van der Waals surface area contributed by atoms with Gasteiger partial charge in [-0.15, -0.1) is 0 Å². The lowest BCUT2D eigenvalue weighted by molar-refractivity contribution is -0.145. The molecule has 0 spiro atoms. The van der Waals surface area contributed by atoms with E-state index in [0.29, 0.717) is 19.4 Å². The minimum atomic E-state index is -0.890. The average Bonchev–Trinajstić information content (AvgIpc) is 2.45. The van der Waals surface area contributed by atoms with Gasteiger partial charge in [0.1, 0.15) is 11.4 Å². The van der Waals surface area contributed by atoms with Crippen molar-refractivity contribution in [1.82, 2.24) is 5.32 Å². The van der Waals surface area contributed by atoms with Crippen molar-refractivity contribution in [3.8, 4) is 0 Å². The first-order valence-corrected chi connectivity index (χ1v) is 8.78. The molecule has 0 saturated carbocycles. The third-order valence-corrected chi connectivity index (χ3v) is 3.90. The van der Waals surface area contributed by atoms with Crippen LogP contribution in [0.5, 0.6) is 0 Å². The molecule has 6 heteroatoms. The predicted octanol–water partition coefficient (Wildman–Crippen LogP) is 3.78. The van der Waals surface area contributed by atoms with E-state index < -0.39 is 23.6 Å². The lowest BCUT2D eigenvalue weighted by atomic mass is 9.87. The molecule has 6 nitrogen and oxygen atoms in total. The van der Waals surface area contributed by atoms with Gasteiger partial charge in [0.25, 0.3) is 0 Å². The van der Waals surface area contributed by atoms with Crippen molar-refractivity contribution < 1.29 is 24.2 Å². The zero-order valence-corrected chi connectivity index (χ0v) is 15.7. The molecule has 0 saturated heterocycles. The van der Waals surface area contributed by atoms with Gasteiger partial charge in [0, 0.05) is 19.4 Å². The Kier molecular flexibility index (Phi) is 10.3. The van der Waals surface area contributed by atoms with E-state index in [4.69, 9.17) is 4.74 Å². The van der Waals surface area contributed by atoms with Crippen LogP contribution in [0.3, 0.4) is 0 Å². The lowest BCUT2D eigenvalue weighted by Crippen LogP contribution is -2.33. The number of amides is 1. The number of carboxylic acid groups (broad SMARTS) is 1. The van der Waals surface area contributed by atoms with Crippen molar-refractivity contribution in [2.24, 2.45) is 11.8 Å². The number of unbranched alkanes of at least 4 members (excludes halogenated alkanes) is 2. The van der Waals surface area contributed by atoms with E-state index in [2.05, 4.69) is 5.32 Å². The Balaban J connectivity index is 3.86. The highest BCUT2D eigenvalue weighted by atomic mass is 16.6. The molecule has 0 radical (unpaired) electrons. The quantitative estimate of drug-likeness (QED) is 0.557. The topological polar surface area (TPSA) is 92.7 Å². The van der Waals surface area contributed by atoms with E-state index in [9.17, 15) is 19.5 Å². The van der Waals surface area contributed by atoms with Gasteiger partial charge in [0.2, 0.25) is 0 Å². The third-order valence-electron chi connectivity index (χ3n) is 3.90. The van der Waals surface area contributed by atoms with Gasteiger partial charge in [-0.05, 0) is 39.5 Å². The fourth-order valence-electron chi connectivity index (χ4n) is 2.29. The molecule has 1 amide bonds. The number of Topliss-reactive ketones (excluding diaryl/α,β-unsaturated/α-hetero) is 1. The number of carbonyl (C=O) groups excluding carboxylic acids is 2. The highest BCUT2D eigenvalue weighted by molar-refractivity contribution is 5.83. The van der Waals surface area contributed by atoms with Gasteiger partial charge in [0.05, 0.1) is 5.92 Å². The van der Waals surface area contributed by atoms with E-state index in [0.717, 1.165) is 19.3 Å². The molecule has 0 aliphatic carbocycles. The van der Waals surface area contributed by atoms with Gasteiger partial charge in [-0.25, -0.2) is 4.79 Å². The molecule has 0 fully saturated rings. The molecule has 0 rings (SSSR count). The number of aliphatic carboxylic acids is 1. The number of hydrogen-bond acceptors (Lipinski definition) is 4. The molecule has 24 heavy (non-hydrogen) atoms. The Morgan fingerprint density at radius 2 is 1.75 bits per heavy atom. The lowest BCUT2D eigenvalue weighted by Gasteiger charge is -2.19. The normalized spacial score (nSPS) is 13.9. The second kappa shape index (κ2) is 11.0. The molecule has 0 aromatic heterocycles. The van der Waals surface area contributed by atoms with Crippen molar-refractivity contribution in [3.63, 3.8) is 0 Å². The van der Waals surface area contributed by atoms with Crippen LogP contribution in [-0.4, -0.2) is 35.1 Å². The maximum atomic E-state index is 11.9. The maximum absolute atomic E-state index is 11.9. The summed E-state index contributed by atoms with van der Waals surface area (Å²) in [6.45, 7) is 9.73. The molecule has 0 aliphatic rings. The fourth-order valence-corrected chi connectivity index (χ4v) is 2.29. The summed E-state index contributed by atoms with van der Waals surface area (Å²) in [5, 5.41) is 11.9. The van der Waals surface area contributed by atoms with Crippen LogP contribution in [0.2, 0.25) is 0 Å². The van der Waals surface area contributed by atoms with Gasteiger partial charge in [-0.3, -0.25) is 9.59 Å². The van der Waals surface area contributed by atoms with Crippen LogP contribution in [0.4, 0.5) is 4.79 Å². The number of rotatable bonds is 11. The number of carboxylic acids is 1. The second-order valence-electron chi connectivity index (χ2n) is 7.31. The summed E-state index contributed by atoms with van der Waals surface area (Å²) in [5.74, 6) is -1.47. The van der Waals surface area contributed by atoms with Crippen LogP contribution < -0.4 is 5.32 Å². The predicted molar refractivity (Wildman–Crippen MR) is 92.9 cm³/mol. The molecular weight excluding hydrogens is 310 g/mol. The number of nitrogens with one attached hydrogen (secondary N) is 1. The van der Waals surface area contributed by atoms with E-state index in [-0.39, 0.29) is 18.1 Å². The van der Waals surface area contributed by atoms with Crippen LogP contribution in [0.25, 0.3) is 0 Å². The Bertz CT molecular complexity index is 414. The van der Waals surface area contributed by atoms with Crippen molar-refractivity contribution in [1.29, 1.82) is 0 Å². The van der Waals surface area contributed by atoms with E-state index in [1.165, 1.54) is 0 Å². The minimum absolute atomic E-state index is 0.00259. The van der Waals surface area contributed by atoms with Gasteiger partial charge in [0.15, 0.2) is 0 Å². The summed E-state index contributed by atoms with van der Waals surface area (Å²) in [6.07, 6.45) is 3.11. The molecule has 0 aromatic rings. The molecular formula is C18H33NO5. The monoisotopic (exact) mass is 343 g/mol. The average molecular weight is 343 g/mol. The zero-order valence-electron chi connectivity index (χ0n) is 15.7. The Morgan fingerprint density at radius 1 is 1.12 bits per heavy atom. The van der Waals surface area contributed by atoms with Gasteiger partial charge >= 0.3 is 12.1 Å². The summed E-state index contributed by atoms with van der Waals surface area (Å²) in [6, 6.07) is 0. The summed E-state index contributed by atoms with van der Waals surface area (Å²) in [7, 11) is 0. The zero-order chi connectivity index (χ0) is 18.8. The SMILES string of the molecule is CCC(C)[C@H](CC(=O)CCCCCNC(=O)OC(C)(C)C)C(=O)O. The standard InChI is InChI=1S/C18H33NO5/c1-6-13(2)15(16(21)22)12-14(20)10-8-7-9-11-19-17(23)24-18(3,4)5/h13,15H,6-12H2,1-5H3,(H,19,23)(H,21,22)/t13?,15-/m0/s1. The molecule has 2 atom stereocenters. The number of alkyl carbamates (subject to hydrolysis) is 1. The number of carbonyl (C=O) groups is 3. The molecule has 1 unspecified atom stereocenters. The van der Waals surface area contributed by atoms with Crippen LogP contribution in [0.15, 0.2) is 0 Å². The minimum Gasteiger partial charge on any atom is -0.481 e. The molecule has 0 aromatic carbocycles. The van der Waals surface area contributed by atoms with E-state index in [1.807, 2.05) is 34.6 Å². The first kappa shape index (κ1) is 22.4. The van der Waals surface area contributed by atoms with Gasteiger partial charge in [-0.2, -0.15) is 0 Å². The highest BCUT2D eigenvalue weighted by Gasteiger charge is 2.25. The number of hydrogen-bond donors (Lipinski definition) is 2. The maximum Gasteiger partial charge on any atom is 0.407 e. The largest absolute Gasteiger partial charge is 0.481 e. The van der Waals surface area contributed by atoms with Crippen LogP contribution in [0, 0.1) is 11.8 Å². The van der Waals surface area contributed by atoms with E-state index in [1.54, 1.807) is 0 Å². The first-order valence-electron chi connectivity index (χ1n) is 8.78. The smallest absolute Gasteiger partial charge is 0.407 e. The summed E-state index contributed by atoms with van der Waals surface area (Å²) < 4.78 is 5.12. The summed E-state index contributed by atoms with van der Waals surface area (Å²) in [5.41, 5.74) is -0.507. The fraction of sp³-hybridized carbons (Fsp3) is 0.833. The van der Waals surface area contributed by atoms with Crippen molar-refractivity contribution in [2.75, 3.05) is 6.54 Å². The number of ketones is 1. The van der Waals surface area contributed by atoms with Crippen molar-refractivity contribution in [2.45, 2.75) is 78.7 Å². The molecule has 0 bridgehead atoms. The van der Waals surface area contributed by atoms with Gasteiger partial charge < -0.3 is 15.2 Å². The molecule has 0 heterocycles. The van der Waals surface area contributed by atoms with Crippen LogP contribution in [-0.2, 0) is 14.3 Å². The molecule has 2 N–H and O–H groups in total. The van der Waals surface area contributed by atoms with Crippen LogP contribution >= 0.6 is 0 Å². The first-order chi connectivity index (χ1) is 11.1. The number of ether oxygens (including phenoxy) is 1. The third kappa shape index (κ3) is 11.0. The highest BCUT2D eigenvalue weighted by Crippen LogP contribution is 2.20. The summed E-state index contributed by atoms with van der Waals surface area (Å²) >= 11 is 0. The Labute approximate surface area is 145 Å². The Morgan fingerprint density at radius 3 is 2.25 bits per heavy atom. The summed E-state index contributed by atoms with van der Waals surface area (Å²) in [4.78, 5) is 34.6. The van der Waals surface area contributed by atoms with Crippen LogP contribution in [0.1, 0.15) is 73.1 Å².